The van der Waals surface area contributed by atoms with Gasteiger partial charge in [0.15, 0.2) is 18.1 Å². The van der Waals surface area contributed by atoms with Crippen LogP contribution in [0.2, 0.25) is 0 Å². The van der Waals surface area contributed by atoms with E-state index in [9.17, 15) is 4.79 Å². The van der Waals surface area contributed by atoms with E-state index < -0.39 is 0 Å². The van der Waals surface area contributed by atoms with Gasteiger partial charge in [-0.25, -0.2) is 0 Å². The Morgan fingerprint density at radius 2 is 1.80 bits per heavy atom. The highest BCUT2D eigenvalue weighted by Crippen LogP contribution is 2.27. The van der Waals surface area contributed by atoms with Crippen LogP contribution >= 0.6 is 0 Å². The Kier molecular flexibility index (Phi) is 6.66. The van der Waals surface area contributed by atoms with Crippen LogP contribution in [0.5, 0.6) is 17.2 Å². The molecule has 0 radical (unpaired) electrons. The molecule has 6 nitrogen and oxygen atoms in total. The summed E-state index contributed by atoms with van der Waals surface area (Å²) in [6.07, 6.45) is 0.670. The average molecular weight is 340 g/mol. The second kappa shape index (κ2) is 9.18. The van der Waals surface area contributed by atoms with Gasteiger partial charge in [0.1, 0.15) is 5.75 Å². The van der Waals surface area contributed by atoms with Crippen molar-refractivity contribution in [3.63, 3.8) is 0 Å². The van der Waals surface area contributed by atoms with Crippen molar-refractivity contribution < 1.29 is 19.0 Å². The maximum absolute atomic E-state index is 11.8. The highest BCUT2D eigenvalue weighted by atomic mass is 16.5. The first kappa shape index (κ1) is 18.1. The van der Waals surface area contributed by atoms with Crippen LogP contribution in [0, 0.1) is 11.3 Å². The van der Waals surface area contributed by atoms with E-state index in [1.165, 1.54) is 0 Å². The zero-order valence-electron chi connectivity index (χ0n) is 14.2. The molecule has 0 spiro atoms. The Balaban J connectivity index is 1.75. The van der Waals surface area contributed by atoms with E-state index in [1.807, 2.05) is 24.3 Å². The number of hydrogen-bond acceptors (Lipinski definition) is 5. The van der Waals surface area contributed by atoms with E-state index >= 15 is 0 Å². The molecule has 0 saturated heterocycles. The van der Waals surface area contributed by atoms with Crippen LogP contribution in [-0.4, -0.2) is 33.3 Å². The predicted molar refractivity (Wildman–Crippen MR) is 92.9 cm³/mol. The Morgan fingerprint density at radius 3 is 2.44 bits per heavy atom. The Labute approximate surface area is 146 Å². The van der Waals surface area contributed by atoms with Crippen LogP contribution in [-0.2, 0) is 11.2 Å². The number of hydrogen-bond donors (Lipinski definition) is 1. The lowest BCUT2D eigenvalue weighted by Crippen LogP contribution is -2.30. The number of ether oxygens (including phenoxy) is 3. The standard InChI is InChI=1S/C19H20N2O4/c1-23-17-8-5-14(11-18(17)24-2)9-10-21-19(22)13-25-16-6-3-15(12-20)4-7-16/h3-8,11H,9-10,13H2,1-2H3,(H,21,22). The average Bonchev–Trinajstić information content (AvgIpc) is 2.66. The summed E-state index contributed by atoms with van der Waals surface area (Å²) in [4.78, 5) is 11.8. The molecule has 1 N–H and O–H groups in total. The molecule has 0 aliphatic heterocycles. The van der Waals surface area contributed by atoms with E-state index in [1.54, 1.807) is 38.5 Å². The van der Waals surface area contributed by atoms with Crippen molar-refractivity contribution in [2.45, 2.75) is 6.42 Å². The van der Waals surface area contributed by atoms with Gasteiger partial charge in [0.2, 0.25) is 0 Å². The summed E-state index contributed by atoms with van der Waals surface area (Å²) in [6.45, 7) is 0.420. The summed E-state index contributed by atoms with van der Waals surface area (Å²) >= 11 is 0. The molecule has 1 amide bonds. The number of rotatable bonds is 8. The second-order valence-electron chi connectivity index (χ2n) is 5.21. The van der Waals surface area contributed by atoms with Crippen LogP contribution < -0.4 is 19.5 Å². The summed E-state index contributed by atoms with van der Waals surface area (Å²) in [5, 5.41) is 11.5. The molecular weight excluding hydrogens is 320 g/mol. The number of nitrogens with one attached hydrogen (secondary N) is 1. The topological polar surface area (TPSA) is 80.6 Å². The molecule has 0 fully saturated rings. The van der Waals surface area contributed by atoms with E-state index in [2.05, 4.69) is 5.32 Å². The number of carbonyl (C=O) groups is 1. The quantitative estimate of drug-likeness (QED) is 0.797. The zero-order chi connectivity index (χ0) is 18.1. The van der Waals surface area contributed by atoms with Crippen LogP contribution in [0.25, 0.3) is 0 Å². The van der Waals surface area contributed by atoms with Crippen molar-refractivity contribution in [3.05, 3.63) is 53.6 Å². The first-order chi connectivity index (χ1) is 12.2. The maximum atomic E-state index is 11.8. The second-order valence-corrected chi connectivity index (χ2v) is 5.21. The van der Waals surface area contributed by atoms with Gasteiger partial charge in [-0.2, -0.15) is 5.26 Å². The van der Waals surface area contributed by atoms with Crippen LogP contribution in [0.1, 0.15) is 11.1 Å². The molecule has 6 heteroatoms. The highest BCUT2D eigenvalue weighted by Gasteiger charge is 2.06. The molecule has 25 heavy (non-hydrogen) atoms. The summed E-state index contributed by atoms with van der Waals surface area (Å²) in [5.74, 6) is 1.68. The monoisotopic (exact) mass is 340 g/mol. The van der Waals surface area contributed by atoms with Crippen molar-refractivity contribution in [2.24, 2.45) is 0 Å². The third-order valence-corrected chi connectivity index (χ3v) is 3.54. The molecule has 0 atom stereocenters. The number of nitriles is 1. The molecule has 0 saturated carbocycles. The fraction of sp³-hybridized carbons (Fsp3) is 0.263. The smallest absolute Gasteiger partial charge is 0.257 e. The van der Waals surface area contributed by atoms with Crippen molar-refractivity contribution in [3.8, 4) is 23.3 Å². The van der Waals surface area contributed by atoms with E-state index in [-0.39, 0.29) is 12.5 Å². The van der Waals surface area contributed by atoms with Crippen LogP contribution in [0.3, 0.4) is 0 Å². The Hall–Kier alpha value is -3.20. The number of carbonyl (C=O) groups excluding carboxylic acids is 1. The molecule has 0 heterocycles. The van der Waals surface area contributed by atoms with Crippen LogP contribution in [0.15, 0.2) is 42.5 Å². The van der Waals surface area contributed by atoms with E-state index in [4.69, 9.17) is 19.5 Å². The van der Waals surface area contributed by atoms with Crippen molar-refractivity contribution >= 4 is 5.91 Å². The number of methoxy groups -OCH3 is 2. The molecule has 0 aromatic heterocycles. The molecular formula is C19H20N2O4. The zero-order valence-corrected chi connectivity index (χ0v) is 14.2. The summed E-state index contributed by atoms with van der Waals surface area (Å²) < 4.78 is 15.8. The molecule has 2 rings (SSSR count). The molecule has 0 unspecified atom stereocenters. The summed E-state index contributed by atoms with van der Waals surface area (Å²) in [7, 11) is 3.18. The normalized spacial score (nSPS) is 9.80. The van der Waals surface area contributed by atoms with Gasteiger partial charge in [0.05, 0.1) is 25.9 Å². The van der Waals surface area contributed by atoms with E-state index in [0.717, 1.165) is 5.56 Å². The van der Waals surface area contributed by atoms with Gasteiger partial charge in [-0.15, -0.1) is 0 Å². The first-order valence-corrected chi connectivity index (χ1v) is 7.77. The van der Waals surface area contributed by atoms with Gasteiger partial charge in [0.25, 0.3) is 5.91 Å². The van der Waals surface area contributed by atoms with Crippen molar-refractivity contribution in [2.75, 3.05) is 27.4 Å². The van der Waals surface area contributed by atoms with Gasteiger partial charge in [-0.1, -0.05) is 6.07 Å². The summed E-state index contributed by atoms with van der Waals surface area (Å²) in [5.41, 5.74) is 1.58. The fourth-order valence-electron chi connectivity index (χ4n) is 2.21. The fourth-order valence-corrected chi connectivity index (χ4v) is 2.21. The predicted octanol–water partition coefficient (Wildman–Crippen LogP) is 2.31. The molecule has 130 valence electrons. The van der Waals surface area contributed by atoms with Gasteiger partial charge in [-0.05, 0) is 48.4 Å². The van der Waals surface area contributed by atoms with E-state index in [0.29, 0.717) is 35.8 Å². The lowest BCUT2D eigenvalue weighted by molar-refractivity contribution is -0.123. The van der Waals surface area contributed by atoms with Gasteiger partial charge < -0.3 is 19.5 Å². The van der Waals surface area contributed by atoms with Crippen molar-refractivity contribution in [1.82, 2.24) is 5.32 Å². The van der Waals surface area contributed by atoms with Gasteiger partial charge in [0, 0.05) is 6.54 Å². The maximum Gasteiger partial charge on any atom is 0.257 e. The Bertz CT molecular complexity index is 751. The molecule has 0 bridgehead atoms. The minimum absolute atomic E-state index is 0.0716. The number of benzene rings is 2. The van der Waals surface area contributed by atoms with Crippen molar-refractivity contribution in [1.29, 1.82) is 5.26 Å². The van der Waals surface area contributed by atoms with Gasteiger partial charge >= 0.3 is 0 Å². The largest absolute Gasteiger partial charge is 0.493 e. The van der Waals surface area contributed by atoms with Gasteiger partial charge in [-0.3, -0.25) is 4.79 Å². The third kappa shape index (κ3) is 5.43. The summed E-state index contributed by atoms with van der Waals surface area (Å²) in [6, 6.07) is 14.3. The minimum atomic E-state index is -0.204. The minimum Gasteiger partial charge on any atom is -0.493 e. The molecule has 2 aromatic rings. The highest BCUT2D eigenvalue weighted by molar-refractivity contribution is 5.77. The molecule has 2 aromatic carbocycles. The lowest BCUT2D eigenvalue weighted by atomic mass is 10.1. The SMILES string of the molecule is COc1ccc(CCNC(=O)COc2ccc(C#N)cc2)cc1OC. The number of amides is 1. The van der Waals surface area contributed by atoms with Crippen LogP contribution in [0.4, 0.5) is 0 Å². The third-order valence-electron chi connectivity index (χ3n) is 3.54. The Morgan fingerprint density at radius 1 is 1.08 bits per heavy atom. The lowest BCUT2D eigenvalue weighted by Gasteiger charge is -2.10. The first-order valence-electron chi connectivity index (χ1n) is 7.77. The molecule has 0 aliphatic rings. The molecule has 0 aliphatic carbocycles. The number of nitrogens with zero attached hydrogens (tertiary/aromatic N) is 1.